The summed E-state index contributed by atoms with van der Waals surface area (Å²) in [7, 11) is 1.38. The lowest BCUT2D eigenvalue weighted by atomic mass is 9.84. The first kappa shape index (κ1) is 62.3. The molecule has 0 aliphatic rings. The van der Waals surface area contributed by atoms with Gasteiger partial charge in [-0.1, -0.05) is 162 Å². The van der Waals surface area contributed by atoms with E-state index in [4.69, 9.17) is 51.1 Å². The number of hydrogen-bond acceptors (Lipinski definition) is 2. The van der Waals surface area contributed by atoms with Crippen LogP contribution in [0.2, 0.25) is 20.1 Å². The van der Waals surface area contributed by atoms with Crippen molar-refractivity contribution in [2.45, 2.75) is 151 Å². The molecule has 68 heavy (non-hydrogen) atoms. The molecule has 5 aromatic carbocycles. The lowest BCUT2D eigenvalue weighted by Gasteiger charge is -2.22. The van der Waals surface area contributed by atoms with Crippen molar-refractivity contribution in [3.8, 4) is 0 Å². The summed E-state index contributed by atoms with van der Waals surface area (Å²) in [5.41, 5.74) is 2.96. The molecule has 5 rings (SSSR count). The molecule has 0 aliphatic carbocycles. The summed E-state index contributed by atoms with van der Waals surface area (Å²) < 4.78 is 97.0. The van der Waals surface area contributed by atoms with Gasteiger partial charge in [0.25, 0.3) is 6.43 Å². The van der Waals surface area contributed by atoms with Gasteiger partial charge in [-0.3, -0.25) is 0 Å². The van der Waals surface area contributed by atoms with Crippen LogP contribution in [0.4, 0.5) is 30.7 Å². The summed E-state index contributed by atoms with van der Waals surface area (Å²) in [4.78, 5) is 11.5. The van der Waals surface area contributed by atoms with Crippen LogP contribution in [-0.2, 0) is 31.8 Å². The van der Waals surface area contributed by atoms with Gasteiger partial charge >= 0.3 is 5.97 Å². The fourth-order valence-corrected chi connectivity index (χ4v) is 7.65. The fourth-order valence-electron chi connectivity index (χ4n) is 6.99. The van der Waals surface area contributed by atoms with E-state index in [0.717, 1.165) is 11.1 Å². The number of methoxy groups -OCH3 is 1. The summed E-state index contributed by atoms with van der Waals surface area (Å²) in [6.07, 6.45) is -2.44. The van der Waals surface area contributed by atoms with Crippen molar-refractivity contribution < 1.29 is 40.3 Å². The predicted octanol–water partition coefficient (Wildman–Crippen LogP) is 19.6. The van der Waals surface area contributed by atoms with Crippen molar-refractivity contribution >= 4 is 52.4 Å². The molecule has 0 aliphatic heterocycles. The monoisotopic (exact) mass is 1030 g/mol. The number of benzene rings is 5. The number of halogens is 11. The molecule has 0 bridgehead atoms. The van der Waals surface area contributed by atoms with Crippen molar-refractivity contribution in [3.63, 3.8) is 0 Å². The van der Waals surface area contributed by atoms with Gasteiger partial charge in [0.05, 0.1) is 22.7 Å². The third-order valence-electron chi connectivity index (χ3n) is 10.0. The Kier molecular flexibility index (Phi) is 22.8. The van der Waals surface area contributed by atoms with Crippen molar-refractivity contribution in [1.29, 1.82) is 0 Å². The second kappa shape index (κ2) is 24.9. The molecule has 0 saturated heterocycles. The van der Waals surface area contributed by atoms with E-state index in [2.05, 4.69) is 0 Å². The first-order valence-corrected chi connectivity index (χ1v) is 23.2. The molecule has 0 unspecified atom stereocenters. The van der Waals surface area contributed by atoms with Crippen LogP contribution in [0.3, 0.4) is 0 Å². The Morgan fingerprint density at radius 3 is 1.25 bits per heavy atom. The van der Waals surface area contributed by atoms with E-state index < -0.39 is 40.5 Å². The maximum Gasteiger partial charge on any atom is 0.338 e. The van der Waals surface area contributed by atoms with Crippen LogP contribution in [-0.4, -0.2) is 13.1 Å². The number of aryl methyl sites for hydroxylation is 2. The highest BCUT2D eigenvalue weighted by Gasteiger charge is 2.27. The normalized spacial score (nSPS) is 11.8. The van der Waals surface area contributed by atoms with E-state index in [-0.39, 0.29) is 54.8 Å². The van der Waals surface area contributed by atoms with Gasteiger partial charge in [-0.15, -0.1) is 0 Å². The Balaban J connectivity index is 0.000000425. The topological polar surface area (TPSA) is 26.3 Å². The van der Waals surface area contributed by atoms with Gasteiger partial charge < -0.3 is 4.74 Å². The smallest absolute Gasteiger partial charge is 0.338 e. The van der Waals surface area contributed by atoms with Gasteiger partial charge in [-0.05, 0) is 129 Å². The number of ether oxygens (including phenoxy) is 1. The summed E-state index contributed by atoms with van der Waals surface area (Å²) >= 11 is 23.0. The van der Waals surface area contributed by atoms with Gasteiger partial charge in [0.1, 0.15) is 29.1 Å². The van der Waals surface area contributed by atoms with E-state index in [0.29, 0.717) is 32.3 Å². The number of rotatable bonds is 2. The fraction of sp³-hybridized carbons (Fsp3) is 0.436. The number of hydrogen-bond donors (Lipinski definition) is 0. The SMILES string of the molecule is CC(C)(C)c1c(F)ccc(Cl)c1F.CC(C)(C)c1cc(Cl)ccc1C(F)F.COC(=O)c1ccc(Cl)cc1C(C)(C)C.Cc1cc(F)c(C(C)(C)C)c(F)c1.Cc1ccc(Cl)c(F)c1C(C)(C)C. The third-order valence-corrected chi connectivity index (χ3v) is 11.1. The molecule has 0 N–H and O–H groups in total. The molecular formula is C55H67Cl4F7O2. The quantitative estimate of drug-likeness (QED) is 0.100. The molecule has 0 heterocycles. The number of esters is 1. The second-order valence-corrected chi connectivity index (χ2v) is 23.0. The van der Waals surface area contributed by atoms with E-state index in [9.17, 15) is 35.5 Å². The highest BCUT2D eigenvalue weighted by molar-refractivity contribution is 6.31. The predicted molar refractivity (Wildman–Crippen MR) is 271 cm³/mol. The van der Waals surface area contributed by atoms with Gasteiger partial charge in [0.2, 0.25) is 0 Å². The average Bonchev–Trinajstić information content (AvgIpc) is 3.16. The van der Waals surface area contributed by atoms with Crippen LogP contribution in [0.5, 0.6) is 0 Å². The van der Waals surface area contributed by atoms with Crippen molar-refractivity contribution in [1.82, 2.24) is 0 Å². The van der Waals surface area contributed by atoms with Crippen LogP contribution in [0.1, 0.15) is 165 Å². The molecule has 0 fully saturated rings. The maximum atomic E-state index is 13.6. The first-order valence-electron chi connectivity index (χ1n) is 21.7. The summed E-state index contributed by atoms with van der Waals surface area (Å²) in [6, 6.07) is 18.3. The Labute approximate surface area is 420 Å². The van der Waals surface area contributed by atoms with Crippen molar-refractivity contribution in [3.05, 3.63) is 172 Å². The summed E-state index contributed by atoms with van der Waals surface area (Å²) in [5.74, 6) is -2.72. The van der Waals surface area contributed by atoms with Crippen LogP contribution >= 0.6 is 46.4 Å². The summed E-state index contributed by atoms with van der Waals surface area (Å²) in [6.45, 7) is 31.9. The largest absolute Gasteiger partial charge is 0.465 e. The van der Waals surface area contributed by atoms with Crippen molar-refractivity contribution in [2.75, 3.05) is 7.11 Å². The molecule has 0 amide bonds. The standard InChI is InChI=1S/C12H15ClO2.C11H13ClF2.C11H14ClF.C11H14F2.C10H11ClF2/c1-12(2,3)10-7-8(13)5-6-9(10)11(14)15-4;1-11(2,3)9-6-7(12)4-5-8(9)10(13)14;1-7-5-6-8(12)10(13)9(7)11(2,3)4;1-7-5-8(12)10(9(13)6-7)11(2,3)4;1-10(2,3)8-7(12)5-4-6(11)9(8)13/h5-7H,1-4H3;4-6,10H,1-3H3;2*5-6H,1-4H3;4-5H,1-3H3. The minimum absolute atomic E-state index is 0.0358. The number of carbonyl (C=O) groups excluding carboxylic acids is 1. The van der Waals surface area contributed by atoms with E-state index in [1.54, 1.807) is 72.7 Å². The molecule has 0 saturated carbocycles. The lowest BCUT2D eigenvalue weighted by Crippen LogP contribution is -2.17. The zero-order valence-electron chi connectivity index (χ0n) is 42.5. The van der Waals surface area contributed by atoms with Crippen molar-refractivity contribution in [2.24, 2.45) is 0 Å². The third kappa shape index (κ3) is 18.5. The Morgan fingerprint density at radius 2 is 0.882 bits per heavy atom. The zero-order valence-corrected chi connectivity index (χ0v) is 45.5. The van der Waals surface area contributed by atoms with Crippen LogP contribution in [0, 0.1) is 42.9 Å². The molecule has 2 nitrogen and oxygen atoms in total. The van der Waals surface area contributed by atoms with Gasteiger partial charge in [-0.25, -0.2) is 35.5 Å². The Morgan fingerprint density at radius 1 is 0.485 bits per heavy atom. The average molecular weight is 1030 g/mol. The lowest BCUT2D eigenvalue weighted by molar-refractivity contribution is 0.0598. The summed E-state index contributed by atoms with van der Waals surface area (Å²) in [5, 5.41) is 1.30. The van der Waals surface area contributed by atoms with Gasteiger partial charge in [-0.2, -0.15) is 0 Å². The van der Waals surface area contributed by atoms with Gasteiger partial charge in [0, 0.05) is 26.7 Å². The molecule has 0 spiro atoms. The van der Waals surface area contributed by atoms with E-state index in [1.807, 2.05) is 81.4 Å². The molecule has 13 heteroatoms. The number of alkyl halides is 2. The highest BCUT2D eigenvalue weighted by Crippen LogP contribution is 2.36. The Bertz CT molecular complexity index is 2400. The molecule has 0 aromatic heterocycles. The highest BCUT2D eigenvalue weighted by atomic mass is 35.5. The van der Waals surface area contributed by atoms with Crippen LogP contribution in [0.25, 0.3) is 0 Å². The Hall–Kier alpha value is -3.76. The minimum Gasteiger partial charge on any atom is -0.465 e. The molecule has 0 atom stereocenters. The number of carbonyl (C=O) groups is 1. The maximum absolute atomic E-state index is 13.6. The second-order valence-electron chi connectivity index (χ2n) is 21.3. The molecular weight excluding hydrogens is 967 g/mol. The first-order chi connectivity index (χ1) is 30.7. The molecule has 5 aromatic rings. The zero-order chi connectivity index (χ0) is 53.2. The van der Waals surface area contributed by atoms with E-state index in [1.165, 1.54) is 43.5 Å². The van der Waals surface area contributed by atoms with Gasteiger partial charge in [0.15, 0.2) is 0 Å². The molecule has 376 valence electrons. The van der Waals surface area contributed by atoms with Crippen LogP contribution < -0.4 is 0 Å². The molecule has 0 radical (unpaired) electrons. The minimum atomic E-state index is -2.44. The van der Waals surface area contributed by atoms with Crippen LogP contribution in [0.15, 0.2) is 72.8 Å². The van der Waals surface area contributed by atoms with E-state index >= 15 is 0 Å².